The monoisotopic (exact) mass is 346 g/mol. The topological polar surface area (TPSA) is 6.48 Å². The van der Waals surface area contributed by atoms with Gasteiger partial charge in [-0.3, -0.25) is 0 Å². The molecule has 2 spiro atoms. The summed E-state index contributed by atoms with van der Waals surface area (Å²) >= 11 is 0. The van der Waals surface area contributed by atoms with Gasteiger partial charge in [-0.25, -0.2) is 0 Å². The fourth-order valence-electron chi connectivity index (χ4n) is 7.07. The molecule has 0 amide bonds. The first-order valence-corrected chi connectivity index (χ1v) is 11.4. The average Bonchev–Trinajstić information content (AvgIpc) is 3.31. The first-order chi connectivity index (χ1) is 12.0. The predicted octanol–water partition coefficient (Wildman–Crippen LogP) is 5.04. The molecule has 3 unspecified atom stereocenters. The second-order valence-corrected chi connectivity index (χ2v) is 10.8. The Bertz CT molecular complexity index is 453. The molecule has 0 aromatic carbocycles. The Balaban J connectivity index is 1.27. The third-order valence-corrected chi connectivity index (χ3v) is 9.04. The van der Waals surface area contributed by atoms with Gasteiger partial charge in [0.25, 0.3) is 0 Å². The Morgan fingerprint density at radius 3 is 2.36 bits per heavy atom. The minimum atomic E-state index is 0.727. The summed E-state index contributed by atoms with van der Waals surface area (Å²) in [5.74, 6) is 2.96. The Labute approximate surface area is 156 Å². The smallest absolute Gasteiger partial charge is 0.00387 e. The molecule has 0 radical (unpaired) electrons. The summed E-state index contributed by atoms with van der Waals surface area (Å²) < 4.78 is 0. The van der Waals surface area contributed by atoms with E-state index in [9.17, 15) is 0 Å². The van der Waals surface area contributed by atoms with E-state index in [4.69, 9.17) is 0 Å². The molecule has 0 aromatic heterocycles. The molecule has 0 N–H and O–H groups in total. The van der Waals surface area contributed by atoms with Crippen molar-refractivity contribution in [3.63, 3.8) is 0 Å². The lowest BCUT2D eigenvalue weighted by molar-refractivity contribution is 0.116. The van der Waals surface area contributed by atoms with Crippen molar-refractivity contribution in [3.05, 3.63) is 0 Å². The second-order valence-electron chi connectivity index (χ2n) is 10.8. The summed E-state index contributed by atoms with van der Waals surface area (Å²) in [4.78, 5) is 5.40. The van der Waals surface area contributed by atoms with E-state index in [1.54, 1.807) is 6.42 Å². The minimum Gasteiger partial charge on any atom is -0.306 e. The number of hydrogen-bond acceptors (Lipinski definition) is 2. The van der Waals surface area contributed by atoms with Gasteiger partial charge in [0.2, 0.25) is 0 Å². The van der Waals surface area contributed by atoms with E-state index in [0.717, 1.165) is 28.6 Å². The van der Waals surface area contributed by atoms with E-state index >= 15 is 0 Å². The first-order valence-electron chi connectivity index (χ1n) is 11.4. The van der Waals surface area contributed by atoms with Crippen molar-refractivity contribution in [2.75, 3.05) is 39.8 Å². The summed E-state index contributed by atoms with van der Waals surface area (Å²) in [6, 6.07) is 0. The summed E-state index contributed by atoms with van der Waals surface area (Å²) in [6.45, 7) is 11.9. The van der Waals surface area contributed by atoms with Crippen molar-refractivity contribution in [2.24, 2.45) is 28.6 Å². The normalized spacial score (nSPS) is 40.4. The van der Waals surface area contributed by atoms with Crippen molar-refractivity contribution in [1.29, 1.82) is 0 Å². The van der Waals surface area contributed by atoms with Gasteiger partial charge in [0.05, 0.1) is 0 Å². The fraction of sp³-hybridized carbons (Fsp3) is 1.00. The summed E-state index contributed by atoms with van der Waals surface area (Å²) in [5, 5.41) is 0. The van der Waals surface area contributed by atoms with Gasteiger partial charge in [0.15, 0.2) is 0 Å². The van der Waals surface area contributed by atoms with Gasteiger partial charge >= 0.3 is 0 Å². The molecule has 4 fully saturated rings. The van der Waals surface area contributed by atoms with Crippen LogP contribution in [0.1, 0.15) is 78.1 Å². The lowest BCUT2D eigenvalue weighted by Gasteiger charge is -2.38. The van der Waals surface area contributed by atoms with E-state index in [2.05, 4.69) is 30.7 Å². The SMILES string of the molecule is CCC1CCC2(CCN(C[C@H](C)C3CCC4(CCN(C)CC4)C3)C2)C1. The molecule has 0 aromatic rings. The summed E-state index contributed by atoms with van der Waals surface area (Å²) in [6.07, 6.45) is 15.0. The molecule has 2 saturated heterocycles. The Hall–Kier alpha value is -0.0800. The van der Waals surface area contributed by atoms with Gasteiger partial charge < -0.3 is 9.80 Å². The average molecular weight is 347 g/mol. The highest BCUT2D eigenvalue weighted by molar-refractivity contribution is 4.98. The number of nitrogens with zero attached hydrogens (tertiary/aromatic N) is 2. The number of piperidine rings is 1. The van der Waals surface area contributed by atoms with Crippen LogP contribution in [0.15, 0.2) is 0 Å². The van der Waals surface area contributed by atoms with Crippen LogP contribution in [0.2, 0.25) is 0 Å². The van der Waals surface area contributed by atoms with Gasteiger partial charge in [-0.2, -0.15) is 0 Å². The molecular weight excluding hydrogens is 304 g/mol. The maximum Gasteiger partial charge on any atom is 0.00387 e. The molecule has 2 heterocycles. The highest BCUT2D eigenvalue weighted by Crippen LogP contribution is 2.52. The van der Waals surface area contributed by atoms with Crippen LogP contribution in [0.5, 0.6) is 0 Å². The van der Waals surface area contributed by atoms with E-state index in [-0.39, 0.29) is 0 Å². The van der Waals surface area contributed by atoms with Crippen LogP contribution in [-0.4, -0.2) is 49.6 Å². The van der Waals surface area contributed by atoms with Crippen LogP contribution in [0, 0.1) is 28.6 Å². The van der Waals surface area contributed by atoms with Gasteiger partial charge in [-0.15, -0.1) is 0 Å². The molecule has 4 rings (SSSR count). The molecular formula is C23H42N2. The van der Waals surface area contributed by atoms with Crippen LogP contribution in [0.3, 0.4) is 0 Å². The zero-order valence-corrected chi connectivity index (χ0v) is 17.2. The van der Waals surface area contributed by atoms with Crippen molar-refractivity contribution in [3.8, 4) is 0 Å². The number of hydrogen-bond donors (Lipinski definition) is 0. The lowest BCUT2D eigenvalue weighted by Crippen LogP contribution is -2.37. The van der Waals surface area contributed by atoms with Gasteiger partial charge in [-0.1, -0.05) is 20.3 Å². The zero-order valence-electron chi connectivity index (χ0n) is 17.2. The molecule has 4 atom stereocenters. The molecule has 4 aliphatic rings. The van der Waals surface area contributed by atoms with Crippen molar-refractivity contribution in [2.45, 2.75) is 78.1 Å². The number of rotatable bonds is 4. The Morgan fingerprint density at radius 1 is 0.920 bits per heavy atom. The first kappa shape index (κ1) is 18.3. The van der Waals surface area contributed by atoms with Crippen molar-refractivity contribution < 1.29 is 0 Å². The molecule has 25 heavy (non-hydrogen) atoms. The summed E-state index contributed by atoms with van der Waals surface area (Å²) in [7, 11) is 2.30. The molecule has 2 saturated carbocycles. The standard InChI is InChI=1S/C23H42N2/c1-4-20-5-7-23(15-20)11-14-25(18-23)17-19(2)21-6-8-22(16-21)9-12-24(3)13-10-22/h19-21H,4-18H2,1-3H3/t19-,20?,21?,23?/m0/s1. The molecule has 2 aliphatic carbocycles. The van der Waals surface area contributed by atoms with Crippen LogP contribution in [0.4, 0.5) is 0 Å². The molecule has 144 valence electrons. The summed E-state index contributed by atoms with van der Waals surface area (Å²) in [5.41, 5.74) is 1.46. The maximum absolute atomic E-state index is 2.86. The van der Waals surface area contributed by atoms with Crippen molar-refractivity contribution >= 4 is 0 Å². The fourth-order valence-corrected chi connectivity index (χ4v) is 7.07. The molecule has 2 aliphatic heterocycles. The minimum absolute atomic E-state index is 0.727. The third-order valence-electron chi connectivity index (χ3n) is 9.04. The van der Waals surface area contributed by atoms with E-state index in [0.29, 0.717) is 0 Å². The largest absolute Gasteiger partial charge is 0.306 e. The zero-order chi connectivity index (χ0) is 17.5. The van der Waals surface area contributed by atoms with Crippen LogP contribution >= 0.6 is 0 Å². The molecule has 2 heteroatoms. The van der Waals surface area contributed by atoms with E-state index < -0.39 is 0 Å². The van der Waals surface area contributed by atoms with Gasteiger partial charge in [-0.05, 0) is 113 Å². The van der Waals surface area contributed by atoms with Crippen LogP contribution in [-0.2, 0) is 0 Å². The van der Waals surface area contributed by atoms with E-state index in [1.165, 1.54) is 90.5 Å². The van der Waals surface area contributed by atoms with E-state index in [1.807, 2.05) is 0 Å². The highest BCUT2D eigenvalue weighted by Gasteiger charge is 2.45. The molecule has 0 bridgehead atoms. The Kier molecular flexibility index (Phi) is 5.23. The Morgan fingerprint density at radius 2 is 1.64 bits per heavy atom. The quantitative estimate of drug-likeness (QED) is 0.704. The number of likely N-dealkylation sites (tertiary alicyclic amines) is 2. The van der Waals surface area contributed by atoms with Gasteiger partial charge in [0, 0.05) is 13.1 Å². The predicted molar refractivity (Wildman–Crippen MR) is 107 cm³/mol. The van der Waals surface area contributed by atoms with Crippen LogP contribution in [0.25, 0.3) is 0 Å². The third kappa shape index (κ3) is 3.81. The molecule has 2 nitrogen and oxygen atoms in total. The second kappa shape index (κ2) is 7.15. The van der Waals surface area contributed by atoms with Crippen LogP contribution < -0.4 is 0 Å². The van der Waals surface area contributed by atoms with Gasteiger partial charge in [0.1, 0.15) is 0 Å². The lowest BCUT2D eigenvalue weighted by atomic mass is 9.75. The maximum atomic E-state index is 2.86. The van der Waals surface area contributed by atoms with Crippen molar-refractivity contribution in [1.82, 2.24) is 9.80 Å². The highest BCUT2D eigenvalue weighted by atomic mass is 15.2.